The van der Waals surface area contributed by atoms with E-state index in [1.54, 1.807) is 11.0 Å². The molecule has 0 radical (unpaired) electrons. The molecule has 5 rings (SSSR count). The number of nitrogens with one attached hydrogen (secondary N) is 2. The highest BCUT2D eigenvalue weighted by molar-refractivity contribution is 8.00. The minimum Gasteiger partial charge on any atom is -0.480 e. The van der Waals surface area contributed by atoms with Gasteiger partial charge in [0, 0.05) is 55.1 Å². The Morgan fingerprint density at radius 3 is 2.51 bits per heavy atom. The topological polar surface area (TPSA) is 162 Å². The van der Waals surface area contributed by atoms with E-state index in [1.165, 1.54) is 0 Å². The second-order valence-corrected chi connectivity index (χ2v) is 15.3. The van der Waals surface area contributed by atoms with Crippen LogP contribution in [0.3, 0.4) is 0 Å². The summed E-state index contributed by atoms with van der Waals surface area (Å²) in [4.78, 5) is 65.6. The lowest BCUT2D eigenvalue weighted by atomic mass is 9.44. The number of aliphatic hydroxyl groups excluding tert-OH is 1. The molecule has 0 amide bonds. The number of nitrogens with zero attached hydrogens (tertiary/aromatic N) is 1. The van der Waals surface area contributed by atoms with Crippen molar-refractivity contribution < 1.29 is 29.3 Å². The smallest absolute Gasteiger partial charge is 0.326 e. The predicted molar refractivity (Wildman–Crippen MR) is 173 cm³/mol. The van der Waals surface area contributed by atoms with E-state index in [0.29, 0.717) is 45.4 Å². The van der Waals surface area contributed by atoms with Gasteiger partial charge < -0.3 is 30.5 Å². The zero-order valence-corrected chi connectivity index (χ0v) is 27.5. The highest BCUT2D eigenvalue weighted by Crippen LogP contribution is 2.68. The van der Waals surface area contributed by atoms with E-state index < -0.39 is 51.9 Å². The molecule has 248 valence electrons. The van der Waals surface area contributed by atoms with Crippen LogP contribution in [0.2, 0.25) is 0 Å². The number of rotatable bonds is 10. The number of esters is 1. The SMILES string of the molecule is C=C[C@]1(C)C[C@@H](OC(=O)CSCC(Nc2c(N3CCNCC3)c(=O)c2=O)C(=O)O)[C@]2(C)[C@H](C)CC[C@]3(CCC(=O)[C@H]32)[C@@H](C)[C@@H]1O. The fourth-order valence-electron chi connectivity index (χ4n) is 9.01. The maximum Gasteiger partial charge on any atom is 0.326 e. The molecule has 1 saturated heterocycles. The number of hydrogen-bond donors (Lipinski definition) is 4. The first-order chi connectivity index (χ1) is 21.2. The Morgan fingerprint density at radius 1 is 1.18 bits per heavy atom. The van der Waals surface area contributed by atoms with Gasteiger partial charge in [-0.05, 0) is 42.9 Å². The van der Waals surface area contributed by atoms with Crippen molar-refractivity contribution in [2.75, 3.05) is 47.9 Å². The summed E-state index contributed by atoms with van der Waals surface area (Å²) < 4.78 is 6.24. The summed E-state index contributed by atoms with van der Waals surface area (Å²) in [5.74, 6) is -2.12. The number of carbonyl (C=O) groups is 3. The van der Waals surface area contributed by atoms with Crippen molar-refractivity contribution in [3.05, 3.63) is 33.1 Å². The second kappa shape index (κ2) is 12.5. The lowest BCUT2D eigenvalue weighted by Gasteiger charge is -2.61. The molecule has 1 aromatic carbocycles. The van der Waals surface area contributed by atoms with Gasteiger partial charge in [0.15, 0.2) is 0 Å². The van der Waals surface area contributed by atoms with Crippen molar-refractivity contribution in [1.82, 2.24) is 5.32 Å². The van der Waals surface area contributed by atoms with E-state index >= 15 is 0 Å². The minimum atomic E-state index is -1.21. The summed E-state index contributed by atoms with van der Waals surface area (Å²) >= 11 is 1.06. The molecule has 1 unspecified atom stereocenters. The predicted octanol–water partition coefficient (Wildman–Crippen LogP) is 2.20. The normalized spacial score (nSPS) is 37.3. The number of thioether (sulfide) groups is 1. The monoisotopic (exact) mass is 645 g/mol. The molecule has 3 aliphatic carbocycles. The Balaban J connectivity index is 1.31. The molecule has 11 nitrogen and oxygen atoms in total. The van der Waals surface area contributed by atoms with Crippen molar-refractivity contribution in [3.8, 4) is 0 Å². The number of aliphatic hydroxyl groups is 1. The highest BCUT2D eigenvalue weighted by atomic mass is 32.2. The molecule has 0 spiro atoms. The first kappa shape index (κ1) is 33.7. The van der Waals surface area contributed by atoms with Gasteiger partial charge in [0.1, 0.15) is 29.3 Å². The average Bonchev–Trinajstić information content (AvgIpc) is 3.38. The van der Waals surface area contributed by atoms with Crippen molar-refractivity contribution in [2.45, 2.75) is 78.0 Å². The number of ether oxygens (including phenoxy) is 1. The standard InChI is InChI=1S/C33H47N3O8S/c1-6-31(4)15-22(32(5)18(2)7-9-33(19(3)29(31)41)10-8-21(37)28(32)33)44-23(38)17-45-16-20(30(42)43)35-24-25(27(40)26(24)39)36-13-11-34-12-14-36/h6,18-20,22,28-29,34-35,41H,1,7-17H2,2-5H3,(H,42,43)/t18-,19+,20?,22-,28+,29+,31-,32+,33+/m1/s1. The summed E-state index contributed by atoms with van der Waals surface area (Å²) in [5.41, 5.74) is -2.90. The van der Waals surface area contributed by atoms with Gasteiger partial charge >= 0.3 is 11.9 Å². The van der Waals surface area contributed by atoms with Crippen LogP contribution in [0.25, 0.3) is 0 Å². The fourth-order valence-corrected chi connectivity index (χ4v) is 9.82. The van der Waals surface area contributed by atoms with Crippen molar-refractivity contribution >= 4 is 40.9 Å². The Labute approximate surface area is 268 Å². The van der Waals surface area contributed by atoms with Crippen molar-refractivity contribution in [2.24, 2.45) is 34.0 Å². The van der Waals surface area contributed by atoms with Crippen LogP contribution < -0.4 is 26.4 Å². The van der Waals surface area contributed by atoms with Gasteiger partial charge in [0.25, 0.3) is 10.9 Å². The quantitative estimate of drug-likeness (QED) is 0.167. The van der Waals surface area contributed by atoms with E-state index in [9.17, 15) is 34.2 Å². The summed E-state index contributed by atoms with van der Waals surface area (Å²) in [5, 5.41) is 27.5. The van der Waals surface area contributed by atoms with Gasteiger partial charge in [-0.25, -0.2) is 4.79 Å². The van der Waals surface area contributed by atoms with Gasteiger partial charge in [0.2, 0.25) is 0 Å². The Hall–Kier alpha value is -2.70. The number of carboxylic acids is 1. The number of Topliss-reactive ketones (excluding diaryl/α,β-unsaturated/α-hetero) is 1. The van der Waals surface area contributed by atoms with E-state index in [1.807, 2.05) is 6.92 Å². The zero-order valence-electron chi connectivity index (χ0n) is 26.7. The van der Waals surface area contributed by atoms with Gasteiger partial charge in [-0.1, -0.05) is 33.8 Å². The minimum absolute atomic E-state index is 0.00687. The molecular formula is C33H47N3O8S. The molecule has 1 aliphatic heterocycles. The Bertz CT molecular complexity index is 1420. The lowest BCUT2D eigenvalue weighted by molar-refractivity contribution is -0.205. The molecular weight excluding hydrogens is 598 g/mol. The van der Waals surface area contributed by atoms with Crippen LogP contribution in [-0.2, 0) is 19.1 Å². The van der Waals surface area contributed by atoms with Crippen LogP contribution in [0, 0.1) is 34.0 Å². The molecule has 9 atom stereocenters. The van der Waals surface area contributed by atoms with E-state index in [2.05, 4.69) is 38.0 Å². The van der Waals surface area contributed by atoms with Crippen molar-refractivity contribution in [1.29, 1.82) is 0 Å². The summed E-state index contributed by atoms with van der Waals surface area (Å²) in [7, 11) is 0. The Morgan fingerprint density at radius 2 is 1.87 bits per heavy atom. The first-order valence-electron chi connectivity index (χ1n) is 16.1. The van der Waals surface area contributed by atoms with Gasteiger partial charge in [-0.3, -0.25) is 19.2 Å². The van der Waals surface area contributed by atoms with E-state index in [-0.39, 0.29) is 51.8 Å². The van der Waals surface area contributed by atoms with Crippen LogP contribution in [0.1, 0.15) is 59.8 Å². The van der Waals surface area contributed by atoms with Crippen molar-refractivity contribution in [3.63, 3.8) is 0 Å². The average molecular weight is 646 g/mol. The molecule has 3 saturated carbocycles. The summed E-state index contributed by atoms with van der Waals surface area (Å²) in [6.45, 7) is 14.6. The van der Waals surface area contributed by atoms with Gasteiger partial charge in [-0.2, -0.15) is 0 Å². The van der Waals surface area contributed by atoms with Gasteiger partial charge in [-0.15, -0.1) is 18.3 Å². The second-order valence-electron chi connectivity index (χ2n) is 14.2. The molecule has 0 aromatic heterocycles. The molecule has 1 aromatic rings. The third-order valence-corrected chi connectivity index (χ3v) is 13.0. The largest absolute Gasteiger partial charge is 0.480 e. The summed E-state index contributed by atoms with van der Waals surface area (Å²) in [6, 6.07) is -1.21. The molecule has 45 heavy (non-hydrogen) atoms. The first-order valence-corrected chi connectivity index (χ1v) is 17.3. The van der Waals surface area contributed by atoms with E-state index in [0.717, 1.165) is 24.6 Å². The molecule has 2 bridgehead atoms. The lowest BCUT2D eigenvalue weighted by Crippen LogP contribution is -2.63. The van der Waals surface area contributed by atoms with Gasteiger partial charge in [0.05, 0.1) is 11.9 Å². The number of hydrogen-bond acceptors (Lipinski definition) is 11. The maximum atomic E-state index is 13.6. The van der Waals surface area contributed by atoms with Crippen LogP contribution in [0.4, 0.5) is 11.4 Å². The number of aliphatic carboxylic acids is 1. The number of carboxylic acid groups (broad SMARTS) is 1. The molecule has 4 N–H and O–H groups in total. The van der Waals surface area contributed by atoms with E-state index in [4.69, 9.17) is 4.74 Å². The Kier molecular flexibility index (Phi) is 9.34. The number of piperazine rings is 1. The third-order valence-electron chi connectivity index (χ3n) is 12.0. The van der Waals surface area contributed by atoms with Crippen LogP contribution in [0.5, 0.6) is 0 Å². The number of ketones is 1. The third kappa shape index (κ3) is 5.54. The fraction of sp³-hybridized carbons (Fsp3) is 0.727. The highest BCUT2D eigenvalue weighted by Gasteiger charge is 2.68. The molecule has 12 heteroatoms. The molecule has 1 heterocycles. The summed E-state index contributed by atoms with van der Waals surface area (Å²) in [6.07, 6.45) is 3.52. The molecule has 4 fully saturated rings. The van der Waals surface area contributed by atoms with Crippen LogP contribution in [0.15, 0.2) is 22.2 Å². The number of anilines is 2. The van der Waals surface area contributed by atoms with Crippen LogP contribution in [-0.4, -0.2) is 83.9 Å². The maximum absolute atomic E-state index is 13.6. The van der Waals surface area contributed by atoms with Crippen LogP contribution >= 0.6 is 11.8 Å². The number of carbonyl (C=O) groups excluding carboxylic acids is 2. The zero-order chi connectivity index (χ0) is 32.9. The molecule has 4 aliphatic rings.